The molecule has 0 aliphatic rings. The molecule has 17 heavy (non-hydrogen) atoms. The van der Waals surface area contributed by atoms with Crippen LogP contribution in [0, 0.1) is 10.1 Å². The molecule has 7 nitrogen and oxygen atoms in total. The van der Waals surface area contributed by atoms with Crippen molar-refractivity contribution in [1.29, 1.82) is 0 Å². The van der Waals surface area contributed by atoms with Crippen LogP contribution in [0.4, 0.5) is 5.69 Å². The first kappa shape index (κ1) is 12.6. The molecule has 0 bridgehead atoms. The van der Waals surface area contributed by atoms with Crippen LogP contribution in [0.25, 0.3) is 0 Å². The maximum absolute atomic E-state index is 11.2. The molecular formula is C10H9NO6. The van der Waals surface area contributed by atoms with Gasteiger partial charge in [-0.05, 0) is 13.0 Å². The normalized spacial score (nSPS) is 9.47. The van der Waals surface area contributed by atoms with E-state index < -0.39 is 22.5 Å². The van der Waals surface area contributed by atoms with Crippen LogP contribution in [-0.2, 0) is 14.3 Å². The minimum Gasteiger partial charge on any atom is -0.458 e. The predicted octanol–water partition coefficient (Wildman–Crippen LogP) is 1.06. The molecule has 0 heterocycles. The van der Waals surface area contributed by atoms with Crippen LogP contribution in [0.2, 0.25) is 0 Å². The Labute approximate surface area is 96.1 Å². The fraction of sp³-hybridized carbons (Fsp3) is 0.200. The quantitative estimate of drug-likeness (QED) is 0.257. The molecule has 0 aromatic heterocycles. The summed E-state index contributed by atoms with van der Waals surface area (Å²) in [6.45, 7) is 1.54. The smallest absolute Gasteiger partial charge is 0.423 e. The molecule has 90 valence electrons. The van der Waals surface area contributed by atoms with Gasteiger partial charge in [-0.3, -0.25) is 10.1 Å². The van der Waals surface area contributed by atoms with Crippen LogP contribution in [0.3, 0.4) is 0 Å². The molecule has 0 saturated carbocycles. The van der Waals surface area contributed by atoms with Crippen molar-refractivity contribution in [3.05, 3.63) is 34.4 Å². The van der Waals surface area contributed by atoms with Gasteiger partial charge in [-0.15, -0.1) is 0 Å². The van der Waals surface area contributed by atoms with Crippen molar-refractivity contribution in [2.24, 2.45) is 0 Å². The van der Waals surface area contributed by atoms with Crippen molar-refractivity contribution in [3.8, 4) is 5.75 Å². The number of benzene rings is 1. The Morgan fingerprint density at radius 2 is 1.94 bits per heavy atom. The van der Waals surface area contributed by atoms with Gasteiger partial charge in [0.05, 0.1) is 11.5 Å². The number of para-hydroxylation sites is 2. The SMILES string of the molecule is CCOC(=O)C(=O)Oc1ccccc1[N+](=O)[O-]. The maximum atomic E-state index is 11.2. The van der Waals surface area contributed by atoms with Crippen LogP contribution in [-0.4, -0.2) is 23.5 Å². The molecule has 0 spiro atoms. The Kier molecular flexibility index (Phi) is 4.15. The lowest BCUT2D eigenvalue weighted by atomic mass is 10.3. The van der Waals surface area contributed by atoms with E-state index in [2.05, 4.69) is 9.47 Å². The second kappa shape index (κ2) is 5.59. The molecule has 1 rings (SSSR count). The predicted molar refractivity (Wildman–Crippen MR) is 55.4 cm³/mol. The third kappa shape index (κ3) is 3.26. The first-order chi connectivity index (χ1) is 8.06. The van der Waals surface area contributed by atoms with Crippen LogP contribution >= 0.6 is 0 Å². The van der Waals surface area contributed by atoms with Gasteiger partial charge >= 0.3 is 17.6 Å². The molecule has 1 aromatic rings. The van der Waals surface area contributed by atoms with Crippen LogP contribution < -0.4 is 4.74 Å². The number of carbonyl (C=O) groups is 2. The molecule has 0 unspecified atom stereocenters. The van der Waals surface area contributed by atoms with Crippen LogP contribution in [0.1, 0.15) is 6.92 Å². The van der Waals surface area contributed by atoms with Gasteiger partial charge in [0.25, 0.3) is 0 Å². The molecule has 1 aromatic carbocycles. The first-order valence-corrected chi connectivity index (χ1v) is 4.68. The summed E-state index contributed by atoms with van der Waals surface area (Å²) in [6.07, 6.45) is 0. The molecule has 0 saturated heterocycles. The van der Waals surface area contributed by atoms with Crippen molar-refractivity contribution in [3.63, 3.8) is 0 Å². The molecule has 0 N–H and O–H groups in total. The summed E-state index contributed by atoms with van der Waals surface area (Å²) >= 11 is 0. The summed E-state index contributed by atoms with van der Waals surface area (Å²) in [5.41, 5.74) is -0.398. The second-order valence-electron chi connectivity index (χ2n) is 2.83. The topological polar surface area (TPSA) is 95.7 Å². The first-order valence-electron chi connectivity index (χ1n) is 4.68. The monoisotopic (exact) mass is 239 g/mol. The van der Waals surface area contributed by atoms with E-state index in [0.717, 1.165) is 6.07 Å². The molecule has 0 aliphatic carbocycles. The average Bonchev–Trinajstić information content (AvgIpc) is 2.29. The Morgan fingerprint density at radius 3 is 2.53 bits per heavy atom. The van der Waals surface area contributed by atoms with E-state index in [-0.39, 0.29) is 12.4 Å². The summed E-state index contributed by atoms with van der Waals surface area (Å²) in [5, 5.41) is 10.6. The molecule has 7 heteroatoms. The molecule has 0 amide bonds. The van der Waals surface area contributed by atoms with Gasteiger partial charge in [-0.25, -0.2) is 9.59 Å². The lowest BCUT2D eigenvalue weighted by Crippen LogP contribution is -2.23. The average molecular weight is 239 g/mol. The van der Waals surface area contributed by atoms with Crippen LogP contribution in [0.15, 0.2) is 24.3 Å². The Balaban J connectivity index is 2.85. The number of nitrogens with zero attached hydrogens (tertiary/aromatic N) is 1. The highest BCUT2D eigenvalue weighted by Crippen LogP contribution is 2.25. The number of rotatable bonds is 3. The Hall–Kier alpha value is -2.44. The number of nitro groups is 1. The fourth-order valence-electron chi connectivity index (χ4n) is 1.03. The van der Waals surface area contributed by atoms with Gasteiger partial charge in [0.2, 0.25) is 5.75 Å². The number of esters is 2. The van der Waals surface area contributed by atoms with E-state index in [1.807, 2.05) is 0 Å². The molecule has 0 radical (unpaired) electrons. The maximum Gasteiger partial charge on any atom is 0.423 e. The second-order valence-corrected chi connectivity index (χ2v) is 2.83. The molecule has 0 aliphatic heterocycles. The Bertz CT molecular complexity index is 456. The summed E-state index contributed by atoms with van der Waals surface area (Å²) in [7, 11) is 0. The minimum atomic E-state index is -1.29. The molecular weight excluding hydrogens is 230 g/mol. The largest absolute Gasteiger partial charge is 0.458 e. The van der Waals surface area contributed by atoms with E-state index in [4.69, 9.17) is 0 Å². The van der Waals surface area contributed by atoms with E-state index in [1.54, 1.807) is 0 Å². The van der Waals surface area contributed by atoms with Gasteiger partial charge in [0, 0.05) is 6.07 Å². The highest BCUT2D eigenvalue weighted by molar-refractivity contribution is 6.30. The van der Waals surface area contributed by atoms with Crippen molar-refractivity contribution < 1.29 is 24.0 Å². The van der Waals surface area contributed by atoms with Gasteiger partial charge in [0.1, 0.15) is 0 Å². The zero-order valence-corrected chi connectivity index (χ0v) is 8.91. The van der Waals surface area contributed by atoms with Crippen molar-refractivity contribution in [2.75, 3.05) is 6.61 Å². The number of ether oxygens (including phenoxy) is 2. The fourth-order valence-corrected chi connectivity index (χ4v) is 1.03. The standard InChI is InChI=1S/C10H9NO6/c1-2-16-9(12)10(13)17-8-6-4-3-5-7(8)11(14)15/h3-6H,2H2,1H3. The highest BCUT2D eigenvalue weighted by Gasteiger charge is 2.22. The van der Waals surface area contributed by atoms with Crippen molar-refractivity contribution in [1.82, 2.24) is 0 Å². The zero-order valence-electron chi connectivity index (χ0n) is 8.91. The van der Waals surface area contributed by atoms with Crippen LogP contribution in [0.5, 0.6) is 5.75 Å². The van der Waals surface area contributed by atoms with Gasteiger partial charge < -0.3 is 9.47 Å². The van der Waals surface area contributed by atoms with Crippen molar-refractivity contribution in [2.45, 2.75) is 6.92 Å². The van der Waals surface area contributed by atoms with E-state index >= 15 is 0 Å². The zero-order chi connectivity index (χ0) is 12.8. The lowest BCUT2D eigenvalue weighted by molar-refractivity contribution is -0.385. The lowest BCUT2D eigenvalue weighted by Gasteiger charge is -2.03. The van der Waals surface area contributed by atoms with E-state index in [0.29, 0.717) is 0 Å². The molecule has 0 fully saturated rings. The Morgan fingerprint density at radius 1 is 1.29 bits per heavy atom. The van der Waals surface area contributed by atoms with E-state index in [1.165, 1.54) is 25.1 Å². The highest BCUT2D eigenvalue weighted by atomic mass is 16.6. The summed E-state index contributed by atoms with van der Waals surface area (Å²) in [6, 6.07) is 5.24. The number of hydrogen-bond acceptors (Lipinski definition) is 6. The van der Waals surface area contributed by atoms with Gasteiger partial charge in [-0.1, -0.05) is 12.1 Å². The third-order valence-electron chi connectivity index (χ3n) is 1.71. The summed E-state index contributed by atoms with van der Waals surface area (Å²) in [4.78, 5) is 32.0. The van der Waals surface area contributed by atoms with Gasteiger partial charge in [0.15, 0.2) is 0 Å². The summed E-state index contributed by atoms with van der Waals surface area (Å²) < 4.78 is 8.96. The van der Waals surface area contributed by atoms with E-state index in [9.17, 15) is 19.7 Å². The number of carbonyl (C=O) groups excluding carboxylic acids is 2. The van der Waals surface area contributed by atoms with Crippen molar-refractivity contribution >= 4 is 17.6 Å². The molecule has 0 atom stereocenters. The summed E-state index contributed by atoms with van der Waals surface area (Å²) in [5.74, 6) is -2.78. The van der Waals surface area contributed by atoms with Gasteiger partial charge in [-0.2, -0.15) is 0 Å². The number of hydrogen-bond donors (Lipinski definition) is 0. The minimum absolute atomic E-state index is 0.0187. The third-order valence-corrected chi connectivity index (χ3v) is 1.71. The number of nitro benzene ring substituents is 1.